The molecule has 14 heavy (non-hydrogen) atoms. The molecule has 0 saturated heterocycles. The standard InChI is InChI=1S/C10H15N3S/c1-10(2,3)14-8-6-4-5-7(13-8)9(11)12/h4-6H,1-3H3,(H3,11,12). The van der Waals surface area contributed by atoms with Crippen molar-refractivity contribution >= 4 is 17.6 Å². The lowest BCUT2D eigenvalue weighted by Gasteiger charge is -2.16. The van der Waals surface area contributed by atoms with Gasteiger partial charge in [0.05, 0.1) is 5.03 Å². The number of thioether (sulfide) groups is 1. The van der Waals surface area contributed by atoms with Crippen LogP contribution in [0.5, 0.6) is 0 Å². The van der Waals surface area contributed by atoms with E-state index in [9.17, 15) is 0 Å². The first-order chi connectivity index (χ1) is 6.38. The van der Waals surface area contributed by atoms with Gasteiger partial charge in [0, 0.05) is 4.75 Å². The van der Waals surface area contributed by atoms with Gasteiger partial charge in [-0.15, -0.1) is 11.8 Å². The van der Waals surface area contributed by atoms with Crippen LogP contribution in [0.1, 0.15) is 26.5 Å². The van der Waals surface area contributed by atoms with Crippen LogP contribution < -0.4 is 5.73 Å². The fraction of sp³-hybridized carbons (Fsp3) is 0.400. The number of hydrogen-bond donors (Lipinski definition) is 2. The van der Waals surface area contributed by atoms with Crippen LogP contribution in [0, 0.1) is 5.41 Å². The van der Waals surface area contributed by atoms with Crippen LogP contribution in [0.3, 0.4) is 0 Å². The summed E-state index contributed by atoms with van der Waals surface area (Å²) in [6.45, 7) is 6.37. The largest absolute Gasteiger partial charge is 0.382 e. The van der Waals surface area contributed by atoms with Gasteiger partial charge in [-0.3, -0.25) is 5.41 Å². The van der Waals surface area contributed by atoms with Crippen LogP contribution >= 0.6 is 11.8 Å². The molecule has 0 atom stereocenters. The second-order valence-electron chi connectivity index (χ2n) is 3.99. The third kappa shape index (κ3) is 3.38. The third-order valence-electron chi connectivity index (χ3n) is 1.41. The fourth-order valence-corrected chi connectivity index (χ4v) is 1.85. The van der Waals surface area contributed by atoms with Gasteiger partial charge in [-0.2, -0.15) is 0 Å². The van der Waals surface area contributed by atoms with E-state index in [1.165, 1.54) is 0 Å². The molecule has 0 fully saturated rings. The van der Waals surface area contributed by atoms with Crippen molar-refractivity contribution in [2.24, 2.45) is 5.73 Å². The maximum Gasteiger partial charge on any atom is 0.141 e. The summed E-state index contributed by atoms with van der Waals surface area (Å²) in [7, 11) is 0. The summed E-state index contributed by atoms with van der Waals surface area (Å²) in [5.41, 5.74) is 5.90. The normalized spacial score (nSPS) is 11.4. The first kappa shape index (κ1) is 11.0. The van der Waals surface area contributed by atoms with Gasteiger partial charge >= 0.3 is 0 Å². The number of nitrogens with zero attached hydrogens (tertiary/aromatic N) is 1. The van der Waals surface area contributed by atoms with Gasteiger partial charge in [0.25, 0.3) is 0 Å². The summed E-state index contributed by atoms with van der Waals surface area (Å²) >= 11 is 1.67. The summed E-state index contributed by atoms with van der Waals surface area (Å²) < 4.78 is 0.127. The van der Waals surface area contributed by atoms with E-state index in [2.05, 4.69) is 25.8 Å². The number of rotatable bonds is 2. The Morgan fingerprint density at radius 3 is 2.57 bits per heavy atom. The predicted molar refractivity (Wildman–Crippen MR) is 60.9 cm³/mol. The lowest BCUT2D eigenvalue weighted by atomic mass is 10.3. The molecule has 0 aliphatic heterocycles. The van der Waals surface area contributed by atoms with Crippen molar-refractivity contribution in [2.75, 3.05) is 0 Å². The van der Waals surface area contributed by atoms with E-state index in [-0.39, 0.29) is 10.6 Å². The molecule has 0 amide bonds. The molecule has 76 valence electrons. The number of hydrogen-bond acceptors (Lipinski definition) is 3. The summed E-state index contributed by atoms with van der Waals surface area (Å²) in [5.74, 6) is 0.0151. The molecule has 0 aliphatic rings. The second-order valence-corrected chi connectivity index (χ2v) is 5.84. The van der Waals surface area contributed by atoms with Gasteiger partial charge in [-0.25, -0.2) is 4.98 Å². The van der Waals surface area contributed by atoms with E-state index in [1.807, 2.05) is 12.1 Å². The second kappa shape index (κ2) is 4.00. The highest BCUT2D eigenvalue weighted by atomic mass is 32.2. The molecule has 1 aromatic heterocycles. The van der Waals surface area contributed by atoms with Crippen molar-refractivity contribution in [3.05, 3.63) is 23.9 Å². The van der Waals surface area contributed by atoms with Crippen LogP contribution in [-0.2, 0) is 0 Å². The van der Waals surface area contributed by atoms with Crippen molar-refractivity contribution < 1.29 is 0 Å². The quantitative estimate of drug-likeness (QED) is 0.446. The Bertz CT molecular complexity index is 341. The minimum absolute atomic E-state index is 0.0151. The number of amidine groups is 1. The molecule has 0 aromatic carbocycles. The Morgan fingerprint density at radius 1 is 1.43 bits per heavy atom. The van der Waals surface area contributed by atoms with Crippen LogP contribution in [0.15, 0.2) is 23.2 Å². The van der Waals surface area contributed by atoms with E-state index >= 15 is 0 Å². The lowest BCUT2D eigenvalue weighted by molar-refractivity contribution is 0.799. The van der Waals surface area contributed by atoms with Crippen molar-refractivity contribution in [1.82, 2.24) is 4.98 Å². The number of nitrogens with two attached hydrogens (primary N) is 1. The number of nitrogens with one attached hydrogen (secondary N) is 1. The molecule has 0 unspecified atom stereocenters. The smallest absolute Gasteiger partial charge is 0.141 e. The molecule has 1 rings (SSSR count). The average Bonchev–Trinajstić information content (AvgIpc) is 2.01. The summed E-state index contributed by atoms with van der Waals surface area (Å²) in [5, 5.41) is 8.18. The molecule has 3 N–H and O–H groups in total. The van der Waals surface area contributed by atoms with Gasteiger partial charge in [-0.1, -0.05) is 26.8 Å². The summed E-state index contributed by atoms with van der Waals surface area (Å²) in [4.78, 5) is 4.27. The van der Waals surface area contributed by atoms with E-state index in [0.717, 1.165) is 5.03 Å². The van der Waals surface area contributed by atoms with E-state index in [4.69, 9.17) is 11.1 Å². The monoisotopic (exact) mass is 209 g/mol. The molecule has 3 nitrogen and oxygen atoms in total. The minimum Gasteiger partial charge on any atom is -0.382 e. The Hall–Kier alpha value is -1.03. The van der Waals surface area contributed by atoms with Gasteiger partial charge in [0.2, 0.25) is 0 Å². The third-order valence-corrected chi connectivity index (χ3v) is 2.46. The highest BCUT2D eigenvalue weighted by Gasteiger charge is 2.13. The predicted octanol–water partition coefficient (Wildman–Crippen LogP) is 2.26. The van der Waals surface area contributed by atoms with Gasteiger partial charge < -0.3 is 5.73 Å². The molecule has 0 radical (unpaired) electrons. The Morgan fingerprint density at radius 2 is 2.07 bits per heavy atom. The number of aromatic nitrogens is 1. The molecular formula is C10H15N3S. The lowest BCUT2D eigenvalue weighted by Crippen LogP contribution is -2.14. The molecule has 1 heterocycles. The topological polar surface area (TPSA) is 62.8 Å². The molecule has 0 bridgehead atoms. The molecule has 0 aliphatic carbocycles. The highest BCUT2D eigenvalue weighted by Crippen LogP contribution is 2.30. The zero-order chi connectivity index (χ0) is 10.8. The van der Waals surface area contributed by atoms with Crippen molar-refractivity contribution in [3.8, 4) is 0 Å². The average molecular weight is 209 g/mol. The van der Waals surface area contributed by atoms with Crippen LogP contribution in [0.4, 0.5) is 0 Å². The molecule has 1 aromatic rings. The fourth-order valence-electron chi connectivity index (χ4n) is 0.935. The zero-order valence-corrected chi connectivity index (χ0v) is 9.48. The van der Waals surface area contributed by atoms with Gasteiger partial charge in [0.15, 0.2) is 0 Å². The molecular weight excluding hydrogens is 194 g/mol. The van der Waals surface area contributed by atoms with Gasteiger partial charge in [-0.05, 0) is 12.1 Å². The van der Waals surface area contributed by atoms with Crippen LogP contribution in [-0.4, -0.2) is 15.6 Å². The molecule has 4 heteroatoms. The molecule has 0 spiro atoms. The first-order valence-electron chi connectivity index (χ1n) is 4.39. The minimum atomic E-state index is 0.0151. The van der Waals surface area contributed by atoms with Crippen molar-refractivity contribution in [2.45, 2.75) is 30.5 Å². The van der Waals surface area contributed by atoms with Crippen molar-refractivity contribution in [3.63, 3.8) is 0 Å². The Labute approximate surface area is 88.6 Å². The maximum absolute atomic E-state index is 7.27. The zero-order valence-electron chi connectivity index (χ0n) is 8.66. The van der Waals surface area contributed by atoms with E-state index in [1.54, 1.807) is 17.8 Å². The number of nitrogen functional groups attached to an aromatic ring is 1. The number of pyridine rings is 1. The van der Waals surface area contributed by atoms with E-state index in [0.29, 0.717) is 5.69 Å². The first-order valence-corrected chi connectivity index (χ1v) is 5.20. The highest BCUT2D eigenvalue weighted by molar-refractivity contribution is 8.00. The Balaban J connectivity index is 2.89. The summed E-state index contributed by atoms with van der Waals surface area (Å²) in [6.07, 6.45) is 0. The van der Waals surface area contributed by atoms with E-state index < -0.39 is 0 Å². The Kier molecular flexibility index (Phi) is 3.16. The van der Waals surface area contributed by atoms with Crippen LogP contribution in [0.2, 0.25) is 0 Å². The van der Waals surface area contributed by atoms with Crippen LogP contribution in [0.25, 0.3) is 0 Å². The maximum atomic E-state index is 7.27. The van der Waals surface area contributed by atoms with Gasteiger partial charge in [0.1, 0.15) is 11.5 Å². The van der Waals surface area contributed by atoms with Crippen molar-refractivity contribution in [1.29, 1.82) is 5.41 Å². The summed E-state index contributed by atoms with van der Waals surface area (Å²) in [6, 6.07) is 5.55. The SMILES string of the molecule is CC(C)(C)Sc1cccc(C(=N)N)n1. The molecule has 0 saturated carbocycles.